The van der Waals surface area contributed by atoms with Gasteiger partial charge in [-0.05, 0) is 17.0 Å². The fourth-order valence-corrected chi connectivity index (χ4v) is 3.86. The SMILES string of the molecule is CC(=O)S[C@H](C(=O)NC1Cc2ccccc2CN(CC(=O)O)C1=O)C(C)C. The predicted octanol–water partition coefficient (Wildman–Crippen LogP) is 1.44. The lowest BCUT2D eigenvalue weighted by molar-refractivity contribution is -0.146. The topological polar surface area (TPSA) is 104 Å². The Balaban J connectivity index is 2.27. The zero-order chi connectivity index (χ0) is 20.1. The van der Waals surface area contributed by atoms with Crippen LogP contribution in [-0.2, 0) is 32.1 Å². The number of rotatable bonds is 6. The number of fused-ring (bicyclic) bond motifs is 1. The van der Waals surface area contributed by atoms with Gasteiger partial charge in [-0.3, -0.25) is 19.2 Å². The summed E-state index contributed by atoms with van der Waals surface area (Å²) in [6.07, 6.45) is 0.284. The lowest BCUT2D eigenvalue weighted by Gasteiger charge is -2.26. The van der Waals surface area contributed by atoms with Crippen LogP contribution in [0.1, 0.15) is 31.9 Å². The minimum Gasteiger partial charge on any atom is -0.480 e. The first-order valence-electron chi connectivity index (χ1n) is 8.74. The van der Waals surface area contributed by atoms with Crippen LogP contribution in [0.2, 0.25) is 0 Å². The molecule has 2 rings (SSSR count). The maximum atomic E-state index is 12.9. The van der Waals surface area contributed by atoms with E-state index in [9.17, 15) is 19.2 Å². The first kappa shape index (κ1) is 21.0. The molecule has 7 nitrogen and oxygen atoms in total. The summed E-state index contributed by atoms with van der Waals surface area (Å²) in [5.41, 5.74) is 1.76. The lowest BCUT2D eigenvalue weighted by atomic mass is 10.0. The number of carboxylic acids is 1. The Morgan fingerprint density at radius 3 is 2.44 bits per heavy atom. The third kappa shape index (κ3) is 5.56. The van der Waals surface area contributed by atoms with E-state index in [0.29, 0.717) is 0 Å². The minimum absolute atomic E-state index is 0.0952. The zero-order valence-corrected chi connectivity index (χ0v) is 16.4. The number of carbonyl (C=O) groups excluding carboxylic acids is 3. The Morgan fingerprint density at radius 1 is 1.26 bits per heavy atom. The highest BCUT2D eigenvalue weighted by Crippen LogP contribution is 2.23. The van der Waals surface area contributed by atoms with Gasteiger partial charge in [-0.25, -0.2) is 0 Å². The molecule has 8 heteroatoms. The van der Waals surface area contributed by atoms with Gasteiger partial charge in [0.15, 0.2) is 5.12 Å². The molecule has 1 unspecified atom stereocenters. The summed E-state index contributed by atoms with van der Waals surface area (Å²) in [6.45, 7) is 4.82. The third-order valence-electron chi connectivity index (χ3n) is 4.31. The molecular formula is C19H24N2O5S. The summed E-state index contributed by atoms with van der Waals surface area (Å²) < 4.78 is 0. The van der Waals surface area contributed by atoms with Crippen molar-refractivity contribution in [2.24, 2.45) is 5.92 Å². The Kier molecular flexibility index (Phi) is 7.01. The first-order valence-corrected chi connectivity index (χ1v) is 9.62. The number of carbonyl (C=O) groups is 4. The van der Waals surface area contributed by atoms with Crippen molar-refractivity contribution in [3.8, 4) is 0 Å². The molecule has 0 bridgehead atoms. The Labute approximate surface area is 162 Å². The fourth-order valence-electron chi connectivity index (χ4n) is 3.06. The van der Waals surface area contributed by atoms with Crippen LogP contribution in [0.3, 0.4) is 0 Å². The van der Waals surface area contributed by atoms with Gasteiger partial charge in [-0.15, -0.1) is 0 Å². The van der Waals surface area contributed by atoms with Crippen molar-refractivity contribution >= 4 is 34.7 Å². The summed E-state index contributed by atoms with van der Waals surface area (Å²) in [5, 5.41) is 11.1. The van der Waals surface area contributed by atoms with Crippen LogP contribution in [0.15, 0.2) is 24.3 Å². The van der Waals surface area contributed by atoms with E-state index in [1.807, 2.05) is 38.1 Å². The summed E-state index contributed by atoms with van der Waals surface area (Å²) in [6, 6.07) is 6.53. The van der Waals surface area contributed by atoms with Crippen molar-refractivity contribution in [1.29, 1.82) is 0 Å². The molecule has 0 aromatic heterocycles. The number of hydrogen-bond acceptors (Lipinski definition) is 5. The summed E-state index contributed by atoms with van der Waals surface area (Å²) in [7, 11) is 0. The molecule has 0 fully saturated rings. The molecule has 0 radical (unpaired) electrons. The van der Waals surface area contributed by atoms with Crippen molar-refractivity contribution in [3.05, 3.63) is 35.4 Å². The molecule has 1 aromatic carbocycles. The number of hydrogen-bond donors (Lipinski definition) is 2. The van der Waals surface area contributed by atoms with Crippen LogP contribution in [0.4, 0.5) is 0 Å². The minimum atomic E-state index is -1.11. The van der Waals surface area contributed by atoms with E-state index in [1.165, 1.54) is 11.8 Å². The van der Waals surface area contributed by atoms with E-state index >= 15 is 0 Å². The maximum absolute atomic E-state index is 12.9. The van der Waals surface area contributed by atoms with Gasteiger partial charge in [0.25, 0.3) is 0 Å². The van der Waals surface area contributed by atoms with Crippen LogP contribution in [0.5, 0.6) is 0 Å². The summed E-state index contributed by atoms with van der Waals surface area (Å²) >= 11 is 0.938. The van der Waals surface area contributed by atoms with Gasteiger partial charge in [0.05, 0.1) is 5.25 Å². The van der Waals surface area contributed by atoms with Gasteiger partial charge < -0.3 is 15.3 Å². The number of amides is 2. The highest BCUT2D eigenvalue weighted by atomic mass is 32.2. The Hall–Kier alpha value is -2.35. The van der Waals surface area contributed by atoms with Crippen molar-refractivity contribution in [1.82, 2.24) is 10.2 Å². The highest BCUT2D eigenvalue weighted by molar-refractivity contribution is 8.14. The van der Waals surface area contributed by atoms with E-state index in [-0.39, 0.29) is 24.0 Å². The molecule has 1 heterocycles. The van der Waals surface area contributed by atoms with Crippen molar-refractivity contribution in [3.63, 3.8) is 0 Å². The van der Waals surface area contributed by atoms with Crippen LogP contribution in [0.25, 0.3) is 0 Å². The van der Waals surface area contributed by atoms with Gasteiger partial charge >= 0.3 is 5.97 Å². The lowest BCUT2D eigenvalue weighted by Crippen LogP contribution is -2.51. The van der Waals surface area contributed by atoms with Crippen LogP contribution in [0, 0.1) is 5.92 Å². The average molecular weight is 392 g/mol. The van der Waals surface area contributed by atoms with Gasteiger partial charge in [-0.1, -0.05) is 49.9 Å². The molecule has 146 valence electrons. The number of carboxylic acid groups (broad SMARTS) is 1. The van der Waals surface area contributed by atoms with Gasteiger partial charge in [-0.2, -0.15) is 0 Å². The number of nitrogens with zero attached hydrogens (tertiary/aromatic N) is 1. The molecule has 27 heavy (non-hydrogen) atoms. The molecule has 2 N–H and O–H groups in total. The smallest absolute Gasteiger partial charge is 0.323 e. The largest absolute Gasteiger partial charge is 0.480 e. The van der Waals surface area contributed by atoms with E-state index in [4.69, 9.17) is 5.11 Å². The zero-order valence-electron chi connectivity index (χ0n) is 15.6. The highest BCUT2D eigenvalue weighted by Gasteiger charge is 2.34. The van der Waals surface area contributed by atoms with E-state index in [0.717, 1.165) is 22.9 Å². The number of aliphatic carboxylic acids is 1. The van der Waals surface area contributed by atoms with E-state index in [1.54, 1.807) is 0 Å². The van der Waals surface area contributed by atoms with Crippen molar-refractivity contribution in [2.45, 2.75) is 45.0 Å². The fraction of sp³-hybridized carbons (Fsp3) is 0.474. The Morgan fingerprint density at radius 2 is 1.89 bits per heavy atom. The monoisotopic (exact) mass is 392 g/mol. The number of nitrogens with one attached hydrogen (secondary N) is 1. The molecule has 1 aliphatic rings. The van der Waals surface area contributed by atoms with E-state index < -0.39 is 35.6 Å². The molecule has 1 aromatic rings. The number of thioether (sulfide) groups is 1. The molecule has 2 amide bonds. The summed E-state index contributed by atoms with van der Waals surface area (Å²) in [4.78, 5) is 49.4. The average Bonchev–Trinajstić information content (AvgIpc) is 2.69. The molecule has 2 atom stereocenters. The first-order chi connectivity index (χ1) is 12.7. The molecule has 0 spiro atoms. The molecule has 0 saturated heterocycles. The second-order valence-corrected chi connectivity index (χ2v) is 8.21. The van der Waals surface area contributed by atoms with Crippen LogP contribution >= 0.6 is 11.8 Å². The number of benzene rings is 1. The normalized spacial score (nSPS) is 17.9. The van der Waals surface area contributed by atoms with Crippen LogP contribution < -0.4 is 5.32 Å². The second-order valence-electron chi connectivity index (χ2n) is 6.90. The van der Waals surface area contributed by atoms with E-state index in [2.05, 4.69) is 5.32 Å². The van der Waals surface area contributed by atoms with Crippen LogP contribution in [-0.4, -0.2) is 50.7 Å². The third-order valence-corrected chi connectivity index (χ3v) is 5.66. The van der Waals surface area contributed by atoms with Gasteiger partial charge in [0.1, 0.15) is 12.6 Å². The van der Waals surface area contributed by atoms with Crippen molar-refractivity contribution < 1.29 is 24.3 Å². The molecule has 0 aliphatic carbocycles. The van der Waals surface area contributed by atoms with Crippen molar-refractivity contribution in [2.75, 3.05) is 6.54 Å². The summed E-state index contributed by atoms with van der Waals surface area (Å²) in [5.74, 6) is -2.03. The second kappa shape index (κ2) is 9.03. The quantitative estimate of drug-likeness (QED) is 0.759. The maximum Gasteiger partial charge on any atom is 0.323 e. The Bertz CT molecular complexity index is 749. The predicted molar refractivity (Wildman–Crippen MR) is 102 cm³/mol. The van der Waals surface area contributed by atoms with Gasteiger partial charge in [0.2, 0.25) is 11.8 Å². The molecule has 0 saturated carbocycles. The van der Waals surface area contributed by atoms with Gasteiger partial charge in [0, 0.05) is 19.9 Å². The molecular weight excluding hydrogens is 368 g/mol. The molecule has 1 aliphatic heterocycles. The standard InChI is InChI=1S/C19H24N2O5S/c1-11(2)17(27-12(3)22)18(25)20-15-8-13-6-4-5-7-14(13)9-21(19(15)26)10-16(23)24/h4-7,11,15,17H,8-10H2,1-3H3,(H,20,25)(H,23,24)/t15?,17-/m0/s1.